The minimum atomic E-state index is -4.67. The number of hydrogen-bond acceptors (Lipinski definition) is 7. The van der Waals surface area contributed by atoms with E-state index in [1.807, 2.05) is 0 Å². The Kier molecular flexibility index (Phi) is 8.35. The number of hydrogen-bond donors (Lipinski definition) is 1. The molecule has 0 radical (unpaired) electrons. The minimum absolute atomic E-state index is 0.0905. The first-order chi connectivity index (χ1) is 14.0. The van der Waals surface area contributed by atoms with Crippen molar-refractivity contribution in [1.82, 2.24) is 9.97 Å². The maximum Gasteiger partial charge on any atom is 0.420 e. The first-order valence-electron chi connectivity index (χ1n) is 8.64. The normalized spacial score (nSPS) is 12.1. The van der Waals surface area contributed by atoms with Crippen molar-refractivity contribution in [2.45, 2.75) is 26.2 Å². The summed E-state index contributed by atoms with van der Waals surface area (Å²) < 4.78 is 67.0. The van der Waals surface area contributed by atoms with Crippen LogP contribution in [0.15, 0.2) is 18.3 Å². The number of halogens is 5. The largest absolute Gasteiger partial charge is 0.493 e. The summed E-state index contributed by atoms with van der Waals surface area (Å²) in [5.41, 5.74) is -0.446. The second kappa shape index (κ2) is 10.2. The number of aromatic nitrogens is 2. The third-order valence-corrected chi connectivity index (χ3v) is 6.42. The summed E-state index contributed by atoms with van der Waals surface area (Å²) in [4.78, 5) is 7.24. The van der Waals surface area contributed by atoms with E-state index in [0.29, 0.717) is 11.8 Å². The van der Waals surface area contributed by atoms with Gasteiger partial charge in [-0.3, -0.25) is 4.57 Å². The second-order valence-corrected chi connectivity index (χ2v) is 8.54. The molecular weight excluding hydrogens is 469 g/mol. The second-order valence-electron chi connectivity index (χ2n) is 5.74. The van der Waals surface area contributed by atoms with E-state index in [1.54, 1.807) is 19.9 Å². The van der Waals surface area contributed by atoms with Gasteiger partial charge in [-0.1, -0.05) is 29.3 Å². The lowest BCUT2D eigenvalue weighted by atomic mass is 10.2. The van der Waals surface area contributed by atoms with E-state index in [2.05, 4.69) is 15.3 Å². The van der Waals surface area contributed by atoms with Crippen molar-refractivity contribution in [2.75, 3.05) is 25.6 Å². The third kappa shape index (κ3) is 5.98. The first kappa shape index (κ1) is 24.7. The van der Waals surface area contributed by atoms with Crippen LogP contribution in [0.4, 0.5) is 24.8 Å². The van der Waals surface area contributed by atoms with Crippen LogP contribution < -0.4 is 10.1 Å². The Morgan fingerprint density at radius 2 is 1.80 bits per heavy atom. The van der Waals surface area contributed by atoms with Gasteiger partial charge in [-0.05, 0) is 25.5 Å². The van der Waals surface area contributed by atoms with Crippen molar-refractivity contribution in [3.05, 3.63) is 39.6 Å². The summed E-state index contributed by atoms with van der Waals surface area (Å²) in [5, 5.41) is 2.08. The molecule has 166 valence electrons. The van der Waals surface area contributed by atoms with Crippen molar-refractivity contribution in [3.8, 4) is 5.75 Å². The molecule has 0 unspecified atom stereocenters. The maximum atomic E-state index is 12.8. The number of rotatable bonds is 9. The predicted molar refractivity (Wildman–Crippen MR) is 108 cm³/mol. The molecule has 0 saturated carbocycles. The molecule has 2 aromatic rings. The van der Waals surface area contributed by atoms with Crippen LogP contribution in [-0.4, -0.2) is 30.3 Å². The fourth-order valence-electron chi connectivity index (χ4n) is 2.48. The molecule has 1 N–H and O–H groups in total. The molecule has 1 aromatic carbocycles. The average Bonchev–Trinajstić information content (AvgIpc) is 2.63. The van der Waals surface area contributed by atoms with E-state index in [0.717, 1.165) is 0 Å². The topological polar surface area (TPSA) is 82.6 Å². The molecule has 0 fully saturated rings. The van der Waals surface area contributed by atoms with Crippen LogP contribution in [-0.2, 0) is 26.0 Å². The van der Waals surface area contributed by atoms with Gasteiger partial charge in [-0.2, -0.15) is 13.2 Å². The standard InChI is InChI=1S/C17H19Cl2F3N3O4P/c1-4-28-30(26,29-5-2)9-10-6-7-12(14(27-3)13(10)18)24-16-23-8-11(15(19)25-16)17(20,21)22/h6-8H,4-5,9H2,1-3H3,(H,23,24,25). The highest BCUT2D eigenvalue weighted by atomic mass is 35.5. The highest BCUT2D eigenvalue weighted by Crippen LogP contribution is 2.53. The molecule has 0 atom stereocenters. The van der Waals surface area contributed by atoms with Crippen LogP contribution in [0.25, 0.3) is 0 Å². The average molecular weight is 488 g/mol. The summed E-state index contributed by atoms with van der Waals surface area (Å²) in [7, 11) is -2.07. The van der Waals surface area contributed by atoms with E-state index in [-0.39, 0.29) is 41.8 Å². The van der Waals surface area contributed by atoms with Crippen LogP contribution >= 0.6 is 30.8 Å². The number of benzene rings is 1. The van der Waals surface area contributed by atoms with Crippen LogP contribution in [0, 0.1) is 0 Å². The number of nitrogens with zero attached hydrogens (tertiary/aromatic N) is 2. The van der Waals surface area contributed by atoms with Crippen LogP contribution in [0.1, 0.15) is 25.0 Å². The van der Waals surface area contributed by atoms with Gasteiger partial charge in [-0.25, -0.2) is 9.97 Å². The number of alkyl halides is 3. The van der Waals surface area contributed by atoms with Crippen molar-refractivity contribution in [1.29, 1.82) is 0 Å². The van der Waals surface area contributed by atoms with Gasteiger partial charge in [0.25, 0.3) is 0 Å². The van der Waals surface area contributed by atoms with Crippen LogP contribution in [0.3, 0.4) is 0 Å². The SMILES string of the molecule is CCOP(=O)(Cc1ccc(Nc2ncc(C(F)(F)F)c(Cl)n2)c(OC)c1Cl)OCC. The monoisotopic (exact) mass is 487 g/mol. The zero-order chi connectivity index (χ0) is 22.5. The number of anilines is 2. The van der Waals surface area contributed by atoms with Crippen molar-refractivity contribution in [2.24, 2.45) is 0 Å². The molecule has 0 spiro atoms. The molecule has 0 saturated heterocycles. The molecule has 0 aliphatic rings. The molecule has 0 amide bonds. The molecule has 13 heteroatoms. The molecule has 0 aliphatic carbocycles. The summed E-state index contributed by atoms with van der Waals surface area (Å²) in [6.45, 7) is 3.77. The maximum absolute atomic E-state index is 12.8. The Labute approximate surface area is 181 Å². The lowest BCUT2D eigenvalue weighted by Crippen LogP contribution is -2.09. The first-order valence-corrected chi connectivity index (χ1v) is 11.1. The summed E-state index contributed by atoms with van der Waals surface area (Å²) >= 11 is 12.0. The van der Waals surface area contributed by atoms with Crippen LogP contribution in [0.2, 0.25) is 10.2 Å². The lowest BCUT2D eigenvalue weighted by Gasteiger charge is -2.19. The van der Waals surface area contributed by atoms with E-state index in [1.165, 1.54) is 13.2 Å². The van der Waals surface area contributed by atoms with E-state index in [9.17, 15) is 17.7 Å². The van der Waals surface area contributed by atoms with Gasteiger partial charge in [0, 0.05) is 6.20 Å². The molecular formula is C17H19Cl2F3N3O4P. The number of methoxy groups -OCH3 is 1. The van der Waals surface area contributed by atoms with Gasteiger partial charge < -0.3 is 19.1 Å². The Hall–Kier alpha value is -1.58. The highest BCUT2D eigenvalue weighted by Gasteiger charge is 2.35. The van der Waals surface area contributed by atoms with Crippen molar-refractivity contribution in [3.63, 3.8) is 0 Å². The third-order valence-electron chi connectivity index (χ3n) is 3.69. The lowest BCUT2D eigenvalue weighted by molar-refractivity contribution is -0.137. The van der Waals surface area contributed by atoms with Gasteiger partial charge >= 0.3 is 13.8 Å². The fourth-order valence-corrected chi connectivity index (χ4v) is 4.84. The van der Waals surface area contributed by atoms with Crippen molar-refractivity contribution < 1.29 is 31.5 Å². The van der Waals surface area contributed by atoms with Gasteiger partial charge in [0.1, 0.15) is 10.7 Å². The predicted octanol–water partition coefficient (Wildman–Crippen LogP) is 6.32. The Morgan fingerprint density at radius 3 is 2.30 bits per heavy atom. The minimum Gasteiger partial charge on any atom is -0.493 e. The van der Waals surface area contributed by atoms with Gasteiger partial charge in [0.15, 0.2) is 5.75 Å². The summed E-state index contributed by atoms with van der Waals surface area (Å²) in [6, 6.07) is 3.08. The van der Waals surface area contributed by atoms with Gasteiger partial charge in [0.2, 0.25) is 5.95 Å². The van der Waals surface area contributed by atoms with E-state index >= 15 is 0 Å². The highest BCUT2D eigenvalue weighted by molar-refractivity contribution is 7.53. The molecule has 1 heterocycles. The quantitative estimate of drug-likeness (QED) is 0.327. The zero-order valence-electron chi connectivity index (χ0n) is 16.2. The van der Waals surface area contributed by atoms with Gasteiger partial charge in [0.05, 0.1) is 37.2 Å². The van der Waals surface area contributed by atoms with E-state index < -0.39 is 24.5 Å². The summed E-state index contributed by atoms with van der Waals surface area (Å²) in [6.07, 6.45) is -4.19. The van der Waals surface area contributed by atoms with Gasteiger partial charge in [-0.15, -0.1) is 0 Å². The van der Waals surface area contributed by atoms with Crippen LogP contribution in [0.5, 0.6) is 5.75 Å². The Balaban J connectivity index is 2.34. The van der Waals surface area contributed by atoms with Crippen molar-refractivity contribution >= 4 is 42.4 Å². The molecule has 7 nitrogen and oxygen atoms in total. The zero-order valence-corrected chi connectivity index (χ0v) is 18.6. The molecule has 1 aromatic heterocycles. The number of nitrogens with one attached hydrogen (secondary N) is 1. The summed E-state index contributed by atoms with van der Waals surface area (Å²) in [5.74, 6) is -0.0437. The molecule has 0 bridgehead atoms. The fraction of sp³-hybridized carbons (Fsp3) is 0.412. The number of ether oxygens (including phenoxy) is 1. The Morgan fingerprint density at radius 1 is 1.17 bits per heavy atom. The molecule has 0 aliphatic heterocycles. The molecule has 2 rings (SSSR count). The molecule has 30 heavy (non-hydrogen) atoms. The van der Waals surface area contributed by atoms with E-state index in [4.69, 9.17) is 37.0 Å². The Bertz CT molecular complexity index is 937. The smallest absolute Gasteiger partial charge is 0.420 e.